The lowest BCUT2D eigenvalue weighted by molar-refractivity contribution is 0.404. The van der Waals surface area contributed by atoms with E-state index in [0.29, 0.717) is 5.92 Å². The summed E-state index contributed by atoms with van der Waals surface area (Å²) in [4.78, 5) is 0. The van der Waals surface area contributed by atoms with Gasteiger partial charge in [0.1, 0.15) is 5.82 Å². The predicted octanol–water partition coefficient (Wildman–Crippen LogP) is 3.19. The van der Waals surface area contributed by atoms with Crippen molar-refractivity contribution in [3.05, 3.63) is 70.0 Å². The minimum absolute atomic E-state index is 0.131. The molecule has 0 spiro atoms. The Balaban J connectivity index is 1.77. The van der Waals surface area contributed by atoms with E-state index in [0.717, 1.165) is 18.4 Å². The summed E-state index contributed by atoms with van der Waals surface area (Å²) in [5.74, 6) is 5.71. The number of fused-ring (bicyclic) bond motifs is 1. The van der Waals surface area contributed by atoms with E-state index in [9.17, 15) is 4.39 Å². The van der Waals surface area contributed by atoms with Crippen LogP contribution in [-0.2, 0) is 12.8 Å². The van der Waals surface area contributed by atoms with Gasteiger partial charge in [0, 0.05) is 12.0 Å². The fourth-order valence-corrected chi connectivity index (χ4v) is 3.10. The summed E-state index contributed by atoms with van der Waals surface area (Å²) in [5, 5.41) is 0.160. The standard InChI is InChI=1S/C16H16ClFN2/c17-14-7-10(5-6-15(14)18)8-16(20-19)13-9-11-3-1-2-4-12(11)13/h1-7,13,16,20H,8-9,19H2. The Labute approximate surface area is 122 Å². The minimum Gasteiger partial charge on any atom is -0.271 e. The van der Waals surface area contributed by atoms with Gasteiger partial charge in [-0.05, 0) is 41.7 Å². The smallest absolute Gasteiger partial charge is 0.141 e. The predicted molar refractivity (Wildman–Crippen MR) is 79.1 cm³/mol. The zero-order valence-corrected chi connectivity index (χ0v) is 11.7. The van der Waals surface area contributed by atoms with E-state index in [1.54, 1.807) is 12.1 Å². The van der Waals surface area contributed by atoms with Crippen LogP contribution in [0.4, 0.5) is 4.39 Å². The summed E-state index contributed by atoms with van der Waals surface area (Å²) in [6.45, 7) is 0. The lowest BCUT2D eigenvalue weighted by atomic mass is 9.72. The topological polar surface area (TPSA) is 38.0 Å². The average molecular weight is 291 g/mol. The zero-order valence-electron chi connectivity index (χ0n) is 10.9. The molecule has 0 aliphatic heterocycles. The van der Waals surface area contributed by atoms with Crippen LogP contribution in [0.2, 0.25) is 5.02 Å². The lowest BCUT2D eigenvalue weighted by Crippen LogP contribution is -2.45. The van der Waals surface area contributed by atoms with Crippen molar-refractivity contribution < 1.29 is 4.39 Å². The highest BCUT2D eigenvalue weighted by Crippen LogP contribution is 2.38. The molecule has 1 aliphatic rings. The molecular weight excluding hydrogens is 275 g/mol. The first kappa shape index (κ1) is 13.6. The molecule has 2 nitrogen and oxygen atoms in total. The Morgan fingerprint density at radius 2 is 2.10 bits per heavy atom. The molecule has 2 aromatic rings. The van der Waals surface area contributed by atoms with Crippen molar-refractivity contribution in [2.24, 2.45) is 5.84 Å². The summed E-state index contributed by atoms with van der Waals surface area (Å²) in [6.07, 6.45) is 1.76. The van der Waals surface area contributed by atoms with Gasteiger partial charge in [0.15, 0.2) is 0 Å². The molecule has 20 heavy (non-hydrogen) atoms. The molecule has 0 bridgehead atoms. The average Bonchev–Trinajstić information content (AvgIpc) is 2.43. The van der Waals surface area contributed by atoms with Crippen molar-refractivity contribution in [1.82, 2.24) is 5.43 Å². The number of hydrogen-bond acceptors (Lipinski definition) is 2. The number of hydrazine groups is 1. The van der Waals surface area contributed by atoms with Gasteiger partial charge in [0.25, 0.3) is 0 Å². The molecule has 0 amide bonds. The van der Waals surface area contributed by atoms with E-state index in [2.05, 4.69) is 23.6 Å². The number of rotatable bonds is 4. The van der Waals surface area contributed by atoms with Gasteiger partial charge in [-0.2, -0.15) is 0 Å². The van der Waals surface area contributed by atoms with E-state index < -0.39 is 0 Å². The van der Waals surface area contributed by atoms with Crippen LogP contribution >= 0.6 is 11.6 Å². The number of nitrogens with two attached hydrogens (primary N) is 1. The van der Waals surface area contributed by atoms with E-state index in [4.69, 9.17) is 17.4 Å². The van der Waals surface area contributed by atoms with E-state index >= 15 is 0 Å². The summed E-state index contributed by atoms with van der Waals surface area (Å²) >= 11 is 5.82. The van der Waals surface area contributed by atoms with Gasteiger partial charge in [-0.15, -0.1) is 0 Å². The maximum absolute atomic E-state index is 13.2. The Morgan fingerprint density at radius 3 is 2.80 bits per heavy atom. The number of halogens is 2. The lowest BCUT2D eigenvalue weighted by Gasteiger charge is -2.36. The van der Waals surface area contributed by atoms with Crippen molar-refractivity contribution in [2.45, 2.75) is 24.8 Å². The third-order valence-corrected chi connectivity index (χ3v) is 4.32. The van der Waals surface area contributed by atoms with Crippen molar-refractivity contribution in [3.63, 3.8) is 0 Å². The van der Waals surface area contributed by atoms with Crippen LogP contribution in [0.3, 0.4) is 0 Å². The Bertz CT molecular complexity index is 630. The molecule has 1 aliphatic carbocycles. The molecule has 0 saturated heterocycles. The normalized spacial score (nSPS) is 18.2. The van der Waals surface area contributed by atoms with Gasteiger partial charge in [0.2, 0.25) is 0 Å². The maximum atomic E-state index is 13.2. The molecule has 104 valence electrons. The quantitative estimate of drug-likeness (QED) is 0.670. The number of hydrogen-bond donors (Lipinski definition) is 2. The van der Waals surface area contributed by atoms with Crippen LogP contribution in [0, 0.1) is 5.82 Å². The Morgan fingerprint density at radius 1 is 1.30 bits per heavy atom. The van der Waals surface area contributed by atoms with Gasteiger partial charge in [0.05, 0.1) is 5.02 Å². The molecule has 3 rings (SSSR count). The molecular formula is C16H16ClFN2. The van der Waals surface area contributed by atoms with Crippen LogP contribution in [0.25, 0.3) is 0 Å². The number of benzene rings is 2. The fourth-order valence-electron chi connectivity index (χ4n) is 2.89. The van der Waals surface area contributed by atoms with E-state index in [1.165, 1.54) is 17.2 Å². The van der Waals surface area contributed by atoms with Crippen LogP contribution in [0.1, 0.15) is 22.6 Å². The molecule has 0 heterocycles. The summed E-state index contributed by atoms with van der Waals surface area (Å²) in [5.41, 5.74) is 6.61. The second-order valence-corrected chi connectivity index (χ2v) is 5.64. The molecule has 0 saturated carbocycles. The van der Waals surface area contributed by atoms with Crippen LogP contribution in [0.15, 0.2) is 42.5 Å². The van der Waals surface area contributed by atoms with Crippen molar-refractivity contribution >= 4 is 11.6 Å². The third-order valence-electron chi connectivity index (χ3n) is 4.03. The van der Waals surface area contributed by atoms with Gasteiger partial charge in [-0.3, -0.25) is 11.3 Å². The molecule has 2 aromatic carbocycles. The zero-order chi connectivity index (χ0) is 14.1. The van der Waals surface area contributed by atoms with Crippen molar-refractivity contribution in [3.8, 4) is 0 Å². The van der Waals surface area contributed by atoms with Crippen molar-refractivity contribution in [1.29, 1.82) is 0 Å². The third kappa shape index (κ3) is 2.44. The molecule has 3 N–H and O–H groups in total. The molecule has 4 heteroatoms. The summed E-state index contributed by atoms with van der Waals surface area (Å²) in [7, 11) is 0. The highest BCUT2D eigenvalue weighted by molar-refractivity contribution is 6.30. The Kier molecular flexibility index (Phi) is 3.74. The molecule has 0 aromatic heterocycles. The molecule has 0 fully saturated rings. The van der Waals surface area contributed by atoms with Gasteiger partial charge >= 0.3 is 0 Å². The van der Waals surface area contributed by atoms with E-state index in [1.807, 2.05) is 6.07 Å². The van der Waals surface area contributed by atoms with Gasteiger partial charge in [-0.25, -0.2) is 4.39 Å². The van der Waals surface area contributed by atoms with Gasteiger partial charge in [-0.1, -0.05) is 41.9 Å². The number of nitrogens with one attached hydrogen (secondary N) is 1. The van der Waals surface area contributed by atoms with Crippen molar-refractivity contribution in [2.75, 3.05) is 0 Å². The fraction of sp³-hybridized carbons (Fsp3) is 0.250. The molecule has 2 unspecified atom stereocenters. The van der Waals surface area contributed by atoms with Crippen LogP contribution < -0.4 is 11.3 Å². The minimum atomic E-state index is -0.387. The largest absolute Gasteiger partial charge is 0.271 e. The first-order chi connectivity index (χ1) is 9.69. The van der Waals surface area contributed by atoms with Gasteiger partial charge < -0.3 is 0 Å². The van der Waals surface area contributed by atoms with Crippen LogP contribution in [-0.4, -0.2) is 6.04 Å². The monoisotopic (exact) mass is 290 g/mol. The Hall–Kier alpha value is -1.42. The highest BCUT2D eigenvalue weighted by Gasteiger charge is 2.32. The maximum Gasteiger partial charge on any atom is 0.141 e. The second kappa shape index (κ2) is 5.52. The molecule has 2 atom stereocenters. The summed E-state index contributed by atoms with van der Waals surface area (Å²) < 4.78 is 13.2. The summed E-state index contributed by atoms with van der Waals surface area (Å²) in [6, 6.07) is 13.4. The van der Waals surface area contributed by atoms with E-state index in [-0.39, 0.29) is 16.9 Å². The second-order valence-electron chi connectivity index (χ2n) is 5.24. The first-order valence-electron chi connectivity index (χ1n) is 6.67. The highest BCUT2D eigenvalue weighted by atomic mass is 35.5. The first-order valence-corrected chi connectivity index (χ1v) is 7.04. The SMILES string of the molecule is NNC(Cc1ccc(F)c(Cl)c1)C1Cc2ccccc21. The van der Waals surface area contributed by atoms with Crippen LogP contribution in [0.5, 0.6) is 0 Å². The molecule has 0 radical (unpaired) electrons.